The summed E-state index contributed by atoms with van der Waals surface area (Å²) in [4.78, 5) is 0. The van der Waals surface area contributed by atoms with Gasteiger partial charge in [0.05, 0.1) is 5.69 Å². The van der Waals surface area contributed by atoms with Crippen LogP contribution in [0.5, 0.6) is 0 Å². The highest BCUT2D eigenvalue weighted by Crippen LogP contribution is 2.18. The maximum atomic E-state index is 6.17. The molecule has 0 fully saturated rings. The molecule has 0 aliphatic carbocycles. The first-order chi connectivity index (χ1) is 8.58. The van der Waals surface area contributed by atoms with E-state index in [9.17, 15) is 0 Å². The van der Waals surface area contributed by atoms with E-state index in [1.807, 2.05) is 26.1 Å². The predicted molar refractivity (Wildman–Crippen MR) is 77.6 cm³/mol. The summed E-state index contributed by atoms with van der Waals surface area (Å²) in [5, 5.41) is 8.37. The molecule has 2 rings (SSSR count). The summed E-state index contributed by atoms with van der Waals surface area (Å²) in [7, 11) is 1.85. The molecule has 0 saturated carbocycles. The van der Waals surface area contributed by atoms with Crippen molar-refractivity contribution in [3.63, 3.8) is 0 Å². The van der Waals surface area contributed by atoms with Crippen LogP contribution in [0.25, 0.3) is 0 Å². The number of aryl methyl sites for hydroxylation is 2. The van der Waals surface area contributed by atoms with Gasteiger partial charge in [0.15, 0.2) is 0 Å². The van der Waals surface area contributed by atoms with E-state index in [-0.39, 0.29) is 0 Å². The molecular formula is C13H15BrClN3. The number of nitrogens with one attached hydrogen (secondary N) is 1. The van der Waals surface area contributed by atoms with Crippen LogP contribution in [-0.2, 0) is 20.1 Å². The Kier molecular flexibility index (Phi) is 4.43. The first-order valence-corrected chi connectivity index (χ1v) is 6.88. The van der Waals surface area contributed by atoms with Crippen molar-refractivity contribution >= 4 is 27.5 Å². The van der Waals surface area contributed by atoms with Gasteiger partial charge in [-0.25, -0.2) is 0 Å². The first-order valence-electron chi connectivity index (χ1n) is 5.71. The normalized spacial score (nSPS) is 10.9. The van der Waals surface area contributed by atoms with Gasteiger partial charge in [-0.1, -0.05) is 39.7 Å². The predicted octanol–water partition coefficient (Wildman–Crippen LogP) is 3.43. The summed E-state index contributed by atoms with van der Waals surface area (Å²) in [6, 6.07) is 8.27. The third-order valence-electron chi connectivity index (χ3n) is 2.81. The quantitative estimate of drug-likeness (QED) is 0.932. The molecule has 0 atom stereocenters. The maximum absolute atomic E-state index is 6.17. The number of nitrogens with zero attached hydrogens (tertiary/aromatic N) is 2. The topological polar surface area (TPSA) is 29.9 Å². The molecule has 1 N–H and O–H groups in total. The highest BCUT2D eigenvalue weighted by atomic mass is 79.9. The van der Waals surface area contributed by atoms with Crippen molar-refractivity contribution in [2.75, 3.05) is 0 Å². The maximum Gasteiger partial charge on any atom is 0.131 e. The van der Waals surface area contributed by atoms with Gasteiger partial charge in [0.1, 0.15) is 5.15 Å². The molecule has 18 heavy (non-hydrogen) atoms. The monoisotopic (exact) mass is 327 g/mol. The summed E-state index contributed by atoms with van der Waals surface area (Å²) in [6.45, 7) is 3.52. The van der Waals surface area contributed by atoms with Crippen LogP contribution >= 0.6 is 27.5 Å². The van der Waals surface area contributed by atoms with Gasteiger partial charge in [-0.2, -0.15) is 5.10 Å². The van der Waals surface area contributed by atoms with Crippen molar-refractivity contribution in [2.45, 2.75) is 20.0 Å². The van der Waals surface area contributed by atoms with Crippen LogP contribution in [0, 0.1) is 6.92 Å². The highest BCUT2D eigenvalue weighted by molar-refractivity contribution is 9.10. The van der Waals surface area contributed by atoms with Crippen LogP contribution in [0.4, 0.5) is 0 Å². The lowest BCUT2D eigenvalue weighted by Gasteiger charge is -2.05. The molecule has 5 heteroatoms. The third kappa shape index (κ3) is 3.13. The molecular weight excluding hydrogens is 314 g/mol. The molecule has 1 aromatic heterocycles. The van der Waals surface area contributed by atoms with Gasteiger partial charge in [-0.3, -0.25) is 4.68 Å². The largest absolute Gasteiger partial charge is 0.308 e. The minimum absolute atomic E-state index is 0.704. The third-order valence-corrected chi connectivity index (χ3v) is 3.82. The van der Waals surface area contributed by atoms with Crippen molar-refractivity contribution in [2.24, 2.45) is 7.05 Å². The number of rotatable bonds is 4. The number of hydrogen-bond donors (Lipinski definition) is 1. The zero-order chi connectivity index (χ0) is 13.1. The number of hydrogen-bond acceptors (Lipinski definition) is 2. The Morgan fingerprint density at radius 2 is 1.94 bits per heavy atom. The lowest BCUT2D eigenvalue weighted by atomic mass is 10.2. The summed E-state index contributed by atoms with van der Waals surface area (Å²) >= 11 is 9.59. The molecule has 3 nitrogen and oxygen atoms in total. The van der Waals surface area contributed by atoms with Gasteiger partial charge in [0.2, 0.25) is 0 Å². The molecule has 0 amide bonds. The molecule has 2 aromatic rings. The summed E-state index contributed by atoms with van der Waals surface area (Å²) in [6.07, 6.45) is 0. The molecule has 1 heterocycles. The molecule has 0 saturated heterocycles. The fourth-order valence-electron chi connectivity index (χ4n) is 1.81. The van der Waals surface area contributed by atoms with Crippen LogP contribution in [-0.4, -0.2) is 9.78 Å². The molecule has 1 aromatic carbocycles. The van der Waals surface area contributed by atoms with Gasteiger partial charge in [0.25, 0.3) is 0 Å². The van der Waals surface area contributed by atoms with Crippen LogP contribution < -0.4 is 5.32 Å². The Hall–Kier alpha value is -0.840. The fraction of sp³-hybridized carbons (Fsp3) is 0.308. The average molecular weight is 329 g/mol. The fourth-order valence-corrected chi connectivity index (χ4v) is 2.31. The van der Waals surface area contributed by atoms with Crippen LogP contribution in [0.3, 0.4) is 0 Å². The summed E-state index contributed by atoms with van der Waals surface area (Å²) in [5.41, 5.74) is 3.29. The number of aromatic nitrogens is 2. The molecule has 0 radical (unpaired) electrons. The molecule has 96 valence electrons. The van der Waals surface area contributed by atoms with Gasteiger partial charge in [-0.05, 0) is 24.6 Å². The zero-order valence-electron chi connectivity index (χ0n) is 10.4. The summed E-state index contributed by atoms with van der Waals surface area (Å²) < 4.78 is 2.80. The van der Waals surface area contributed by atoms with Crippen molar-refractivity contribution in [1.82, 2.24) is 15.1 Å². The van der Waals surface area contributed by atoms with Gasteiger partial charge in [-0.15, -0.1) is 0 Å². The number of halogens is 2. The molecule has 0 unspecified atom stereocenters. The van der Waals surface area contributed by atoms with Crippen LogP contribution in [0.2, 0.25) is 5.15 Å². The summed E-state index contributed by atoms with van der Waals surface area (Å²) in [5.74, 6) is 0. The van der Waals surface area contributed by atoms with Gasteiger partial charge in [0, 0.05) is 30.2 Å². The second-order valence-corrected chi connectivity index (χ2v) is 5.48. The average Bonchev–Trinajstić information content (AvgIpc) is 2.58. The first kappa shape index (κ1) is 13.6. The van der Waals surface area contributed by atoms with Crippen molar-refractivity contribution in [3.8, 4) is 0 Å². The van der Waals surface area contributed by atoms with Crippen molar-refractivity contribution in [3.05, 3.63) is 50.7 Å². The van der Waals surface area contributed by atoms with Gasteiger partial charge < -0.3 is 5.32 Å². The minimum Gasteiger partial charge on any atom is -0.308 e. The lowest BCUT2D eigenvalue weighted by molar-refractivity contribution is 0.690. The van der Waals surface area contributed by atoms with E-state index in [4.69, 9.17) is 11.6 Å². The molecule has 0 aliphatic heterocycles. The molecule has 0 aliphatic rings. The Morgan fingerprint density at radius 3 is 2.50 bits per heavy atom. The second kappa shape index (κ2) is 5.87. The minimum atomic E-state index is 0.704. The van der Waals surface area contributed by atoms with E-state index in [0.29, 0.717) is 5.15 Å². The highest BCUT2D eigenvalue weighted by Gasteiger charge is 2.10. The van der Waals surface area contributed by atoms with Crippen molar-refractivity contribution < 1.29 is 0 Å². The number of benzene rings is 1. The second-order valence-electron chi connectivity index (χ2n) is 4.21. The van der Waals surface area contributed by atoms with E-state index < -0.39 is 0 Å². The van der Waals surface area contributed by atoms with Gasteiger partial charge >= 0.3 is 0 Å². The van der Waals surface area contributed by atoms with E-state index >= 15 is 0 Å². The zero-order valence-corrected chi connectivity index (χ0v) is 12.7. The Morgan fingerprint density at radius 1 is 1.28 bits per heavy atom. The standard InChI is InChI=1S/C13H15BrClN3/c1-9-12(13(15)18(2)17-9)8-16-7-10-3-5-11(14)6-4-10/h3-6,16H,7-8H2,1-2H3. The molecule has 0 spiro atoms. The van der Waals surface area contributed by atoms with E-state index in [1.54, 1.807) is 4.68 Å². The van der Waals surface area contributed by atoms with E-state index in [2.05, 4.69) is 38.5 Å². The Bertz CT molecular complexity index is 534. The van der Waals surface area contributed by atoms with E-state index in [0.717, 1.165) is 28.8 Å². The van der Waals surface area contributed by atoms with E-state index in [1.165, 1.54) is 5.56 Å². The smallest absolute Gasteiger partial charge is 0.131 e. The Labute approximate surface area is 120 Å². The van der Waals surface area contributed by atoms with Crippen LogP contribution in [0.15, 0.2) is 28.7 Å². The lowest BCUT2D eigenvalue weighted by Crippen LogP contribution is -2.13. The van der Waals surface area contributed by atoms with Crippen LogP contribution in [0.1, 0.15) is 16.8 Å². The Balaban J connectivity index is 1.94. The molecule has 0 bridgehead atoms. The SMILES string of the molecule is Cc1nn(C)c(Cl)c1CNCc1ccc(Br)cc1. The van der Waals surface area contributed by atoms with Crippen molar-refractivity contribution in [1.29, 1.82) is 0 Å².